The Kier molecular flexibility index (Phi) is 3.28. The fourth-order valence-corrected chi connectivity index (χ4v) is 2.44. The molecule has 0 atom stereocenters. The fourth-order valence-electron chi connectivity index (χ4n) is 2.04. The van der Waals surface area contributed by atoms with Crippen molar-refractivity contribution >= 4 is 21.6 Å². The quantitative estimate of drug-likeness (QED) is 0.720. The van der Waals surface area contributed by atoms with Gasteiger partial charge in [0.15, 0.2) is 0 Å². The van der Waals surface area contributed by atoms with E-state index in [0.29, 0.717) is 0 Å². The topological polar surface area (TPSA) is 43.8 Å². The third-order valence-corrected chi connectivity index (χ3v) is 3.51. The third kappa shape index (κ3) is 2.32. The number of anilines is 1. The van der Waals surface area contributed by atoms with Crippen molar-refractivity contribution in [1.82, 2.24) is 9.55 Å². The third-order valence-electron chi connectivity index (χ3n) is 3.02. The summed E-state index contributed by atoms with van der Waals surface area (Å²) >= 11 is 3.45. The van der Waals surface area contributed by atoms with E-state index in [4.69, 9.17) is 5.73 Å². The summed E-state index contributed by atoms with van der Waals surface area (Å²) in [5.41, 5.74) is 8.45. The Bertz CT molecular complexity index is 767. The van der Waals surface area contributed by atoms with Gasteiger partial charge in [0, 0.05) is 15.7 Å². The van der Waals surface area contributed by atoms with Crippen LogP contribution in [0.1, 0.15) is 0 Å². The second kappa shape index (κ2) is 5.09. The van der Waals surface area contributed by atoms with Crippen molar-refractivity contribution in [2.24, 2.45) is 0 Å². The van der Waals surface area contributed by atoms with Crippen molar-refractivity contribution < 1.29 is 4.39 Å². The molecule has 3 aromatic rings. The summed E-state index contributed by atoms with van der Waals surface area (Å²) in [6.07, 6.45) is 3.45. The first-order chi connectivity index (χ1) is 9.65. The van der Waals surface area contributed by atoms with Crippen molar-refractivity contribution in [2.45, 2.75) is 0 Å². The van der Waals surface area contributed by atoms with Crippen LogP contribution in [0.3, 0.4) is 0 Å². The number of benzene rings is 2. The fraction of sp³-hybridized carbons (Fsp3) is 0. The van der Waals surface area contributed by atoms with E-state index in [0.717, 1.165) is 21.4 Å². The van der Waals surface area contributed by atoms with Crippen LogP contribution in [0.5, 0.6) is 0 Å². The molecule has 5 heteroatoms. The lowest BCUT2D eigenvalue weighted by atomic mass is 10.1. The zero-order valence-corrected chi connectivity index (χ0v) is 12.0. The Morgan fingerprint density at radius 2 is 2.00 bits per heavy atom. The highest BCUT2D eigenvalue weighted by atomic mass is 79.9. The molecule has 0 unspecified atom stereocenters. The highest BCUT2D eigenvalue weighted by molar-refractivity contribution is 9.10. The van der Waals surface area contributed by atoms with E-state index >= 15 is 0 Å². The summed E-state index contributed by atoms with van der Waals surface area (Å²) in [7, 11) is 0. The molecule has 0 saturated heterocycles. The van der Waals surface area contributed by atoms with E-state index in [9.17, 15) is 4.39 Å². The Morgan fingerprint density at radius 3 is 2.75 bits per heavy atom. The monoisotopic (exact) mass is 331 g/mol. The number of rotatable bonds is 2. The molecular weight excluding hydrogens is 321 g/mol. The molecule has 0 aliphatic carbocycles. The van der Waals surface area contributed by atoms with Gasteiger partial charge in [-0.3, -0.25) is 4.57 Å². The largest absolute Gasteiger partial charge is 0.396 e. The van der Waals surface area contributed by atoms with Gasteiger partial charge in [-0.2, -0.15) is 0 Å². The molecule has 0 bridgehead atoms. The second-order valence-corrected chi connectivity index (χ2v) is 5.28. The summed E-state index contributed by atoms with van der Waals surface area (Å²) in [6, 6.07) is 12.5. The van der Waals surface area contributed by atoms with Crippen LogP contribution < -0.4 is 5.73 Å². The summed E-state index contributed by atoms with van der Waals surface area (Å²) < 4.78 is 16.1. The number of halogens is 2. The van der Waals surface area contributed by atoms with Gasteiger partial charge in [-0.05, 0) is 30.3 Å². The summed E-state index contributed by atoms with van der Waals surface area (Å²) in [5, 5.41) is 0. The molecule has 1 heterocycles. The van der Waals surface area contributed by atoms with Gasteiger partial charge in [-0.15, -0.1) is 0 Å². The molecule has 0 saturated carbocycles. The molecule has 3 rings (SSSR count). The molecule has 2 aromatic carbocycles. The molecule has 2 N–H and O–H groups in total. The predicted octanol–water partition coefficient (Wildman–Crippen LogP) is 4.02. The van der Waals surface area contributed by atoms with E-state index < -0.39 is 5.82 Å². The molecule has 0 fully saturated rings. The molecular formula is C15H11BrFN3. The molecule has 0 amide bonds. The number of nitrogens with zero attached hydrogens (tertiary/aromatic N) is 2. The lowest BCUT2D eigenvalue weighted by Crippen LogP contribution is -1.98. The van der Waals surface area contributed by atoms with Crippen LogP contribution in [0.15, 0.2) is 59.5 Å². The first-order valence-corrected chi connectivity index (χ1v) is 6.78. The molecule has 3 nitrogen and oxygen atoms in total. The molecule has 100 valence electrons. The van der Waals surface area contributed by atoms with E-state index in [2.05, 4.69) is 20.9 Å². The maximum atomic E-state index is 13.3. The van der Waals surface area contributed by atoms with Crippen LogP contribution >= 0.6 is 15.9 Å². The maximum Gasteiger partial charge on any atom is 0.146 e. The van der Waals surface area contributed by atoms with Crippen molar-refractivity contribution in [3.63, 3.8) is 0 Å². The number of imidazole rings is 1. The first-order valence-electron chi connectivity index (χ1n) is 5.99. The van der Waals surface area contributed by atoms with Crippen molar-refractivity contribution in [3.05, 3.63) is 65.3 Å². The van der Waals surface area contributed by atoms with E-state index in [1.54, 1.807) is 24.7 Å². The Labute approximate surface area is 124 Å². The number of nitrogen functional groups attached to an aromatic ring is 1. The van der Waals surface area contributed by atoms with Crippen LogP contribution in [0.4, 0.5) is 10.1 Å². The number of aromatic nitrogens is 2. The maximum absolute atomic E-state index is 13.3. The van der Waals surface area contributed by atoms with E-state index in [-0.39, 0.29) is 5.69 Å². The lowest BCUT2D eigenvalue weighted by molar-refractivity contribution is 0.632. The van der Waals surface area contributed by atoms with Crippen LogP contribution in [0, 0.1) is 5.82 Å². The molecule has 0 radical (unpaired) electrons. The second-order valence-electron chi connectivity index (χ2n) is 4.37. The van der Waals surface area contributed by atoms with Gasteiger partial charge in [0.05, 0.1) is 23.9 Å². The minimum atomic E-state index is -0.419. The zero-order chi connectivity index (χ0) is 14.1. The first kappa shape index (κ1) is 12.9. The van der Waals surface area contributed by atoms with Crippen molar-refractivity contribution in [2.75, 3.05) is 5.73 Å². The minimum absolute atomic E-state index is 0.122. The van der Waals surface area contributed by atoms with Crippen LogP contribution in [0.2, 0.25) is 0 Å². The van der Waals surface area contributed by atoms with Gasteiger partial charge in [0.1, 0.15) is 5.82 Å². The molecule has 20 heavy (non-hydrogen) atoms. The number of nitrogens with two attached hydrogens (primary N) is 1. The van der Waals surface area contributed by atoms with Crippen LogP contribution in [-0.2, 0) is 0 Å². The van der Waals surface area contributed by atoms with Gasteiger partial charge in [0.25, 0.3) is 0 Å². The molecule has 1 aromatic heterocycles. The highest BCUT2D eigenvalue weighted by Crippen LogP contribution is 2.26. The summed E-state index contributed by atoms with van der Waals surface area (Å²) in [4.78, 5) is 4.17. The molecule has 0 aliphatic heterocycles. The van der Waals surface area contributed by atoms with Crippen molar-refractivity contribution in [3.8, 4) is 16.9 Å². The summed E-state index contributed by atoms with van der Waals surface area (Å²) in [6.45, 7) is 0. The Balaban J connectivity index is 2.12. The van der Waals surface area contributed by atoms with Crippen LogP contribution in [-0.4, -0.2) is 9.55 Å². The van der Waals surface area contributed by atoms with Gasteiger partial charge < -0.3 is 5.73 Å². The SMILES string of the molecule is Nc1cc(-n2cncc2-c2cccc(Br)c2)ccc1F. The van der Waals surface area contributed by atoms with Gasteiger partial charge in [-0.1, -0.05) is 28.1 Å². The standard InChI is InChI=1S/C15H11BrFN3/c16-11-3-1-2-10(6-11)15-8-19-9-20(15)12-4-5-13(17)14(18)7-12/h1-9H,18H2. The van der Waals surface area contributed by atoms with E-state index in [1.807, 2.05) is 28.8 Å². The van der Waals surface area contributed by atoms with Gasteiger partial charge >= 0.3 is 0 Å². The van der Waals surface area contributed by atoms with Crippen LogP contribution in [0.25, 0.3) is 16.9 Å². The van der Waals surface area contributed by atoms with Gasteiger partial charge in [-0.25, -0.2) is 9.37 Å². The normalized spacial score (nSPS) is 10.7. The minimum Gasteiger partial charge on any atom is -0.396 e. The summed E-state index contributed by atoms with van der Waals surface area (Å²) in [5.74, 6) is -0.419. The van der Waals surface area contributed by atoms with Gasteiger partial charge in [0.2, 0.25) is 0 Å². The molecule has 0 spiro atoms. The number of hydrogen-bond acceptors (Lipinski definition) is 2. The zero-order valence-electron chi connectivity index (χ0n) is 10.4. The Morgan fingerprint density at radius 1 is 1.15 bits per heavy atom. The Hall–Kier alpha value is -2.14. The molecule has 0 aliphatic rings. The van der Waals surface area contributed by atoms with Crippen molar-refractivity contribution in [1.29, 1.82) is 0 Å². The average Bonchev–Trinajstić information content (AvgIpc) is 2.91. The average molecular weight is 332 g/mol. The number of hydrogen-bond donors (Lipinski definition) is 1. The smallest absolute Gasteiger partial charge is 0.146 e. The highest BCUT2D eigenvalue weighted by Gasteiger charge is 2.09. The predicted molar refractivity (Wildman–Crippen MR) is 81.1 cm³/mol. The van der Waals surface area contributed by atoms with E-state index in [1.165, 1.54) is 6.07 Å². The lowest BCUT2D eigenvalue weighted by Gasteiger charge is -2.09.